The number of rotatable bonds is 4. The first kappa shape index (κ1) is 15.6. The number of hydrogen-bond donors (Lipinski definition) is 0. The Morgan fingerprint density at radius 3 is 2.76 bits per heavy atom. The van der Waals surface area contributed by atoms with Gasteiger partial charge in [0, 0.05) is 10.9 Å². The first-order valence-corrected chi connectivity index (χ1v) is 8.58. The summed E-state index contributed by atoms with van der Waals surface area (Å²) in [5.41, 5.74) is 1.40. The van der Waals surface area contributed by atoms with Gasteiger partial charge in [0.25, 0.3) is 11.8 Å². The SMILES string of the molecule is Cc1c(C(=O)O[C@H](C)c2nnc(-c3cccs3)o2)oc2ccccc12. The van der Waals surface area contributed by atoms with Gasteiger partial charge in [-0.2, -0.15) is 0 Å². The third-order valence-electron chi connectivity index (χ3n) is 3.83. The van der Waals surface area contributed by atoms with Gasteiger partial charge in [0.05, 0.1) is 4.88 Å². The van der Waals surface area contributed by atoms with Crippen LogP contribution in [0.15, 0.2) is 50.6 Å². The molecule has 0 saturated carbocycles. The minimum absolute atomic E-state index is 0.186. The number of nitrogens with zero attached hydrogens (tertiary/aromatic N) is 2. The van der Waals surface area contributed by atoms with E-state index in [9.17, 15) is 4.79 Å². The molecule has 4 rings (SSSR count). The van der Waals surface area contributed by atoms with Gasteiger partial charge in [-0.05, 0) is 31.4 Å². The zero-order chi connectivity index (χ0) is 17.4. The maximum Gasteiger partial charge on any atom is 0.375 e. The molecule has 1 aromatic carbocycles. The van der Waals surface area contributed by atoms with Crippen LogP contribution in [-0.4, -0.2) is 16.2 Å². The van der Waals surface area contributed by atoms with Crippen LogP contribution in [0.4, 0.5) is 0 Å². The molecule has 7 heteroatoms. The number of benzene rings is 1. The molecule has 25 heavy (non-hydrogen) atoms. The average molecular weight is 354 g/mol. The van der Waals surface area contributed by atoms with Crippen molar-refractivity contribution in [3.05, 3.63) is 59.0 Å². The van der Waals surface area contributed by atoms with Crippen LogP contribution in [0, 0.1) is 6.92 Å². The van der Waals surface area contributed by atoms with Crippen molar-refractivity contribution in [2.75, 3.05) is 0 Å². The van der Waals surface area contributed by atoms with Crippen LogP contribution in [0.3, 0.4) is 0 Å². The second kappa shape index (κ2) is 6.18. The number of aromatic nitrogens is 2. The van der Waals surface area contributed by atoms with Crippen molar-refractivity contribution in [1.82, 2.24) is 10.2 Å². The van der Waals surface area contributed by atoms with Crippen LogP contribution in [0.2, 0.25) is 0 Å². The van der Waals surface area contributed by atoms with Gasteiger partial charge in [-0.1, -0.05) is 24.3 Å². The van der Waals surface area contributed by atoms with E-state index in [1.807, 2.05) is 48.7 Å². The van der Waals surface area contributed by atoms with Crippen molar-refractivity contribution in [1.29, 1.82) is 0 Å². The summed E-state index contributed by atoms with van der Waals surface area (Å²) in [7, 11) is 0. The fourth-order valence-electron chi connectivity index (χ4n) is 2.53. The molecule has 0 saturated heterocycles. The van der Waals surface area contributed by atoms with E-state index >= 15 is 0 Å². The summed E-state index contributed by atoms with van der Waals surface area (Å²) in [4.78, 5) is 13.3. The van der Waals surface area contributed by atoms with E-state index in [1.54, 1.807) is 6.92 Å². The molecule has 3 aromatic heterocycles. The van der Waals surface area contributed by atoms with Gasteiger partial charge in [0.15, 0.2) is 6.10 Å². The summed E-state index contributed by atoms with van der Waals surface area (Å²) in [6, 6.07) is 11.3. The molecule has 0 N–H and O–H groups in total. The van der Waals surface area contributed by atoms with Crippen molar-refractivity contribution in [3.8, 4) is 10.8 Å². The highest BCUT2D eigenvalue weighted by atomic mass is 32.1. The number of thiophene rings is 1. The Kier molecular flexibility index (Phi) is 3.85. The zero-order valence-electron chi connectivity index (χ0n) is 13.6. The summed E-state index contributed by atoms with van der Waals surface area (Å²) in [6.45, 7) is 3.51. The van der Waals surface area contributed by atoms with Gasteiger partial charge >= 0.3 is 5.97 Å². The normalized spacial score (nSPS) is 12.4. The van der Waals surface area contributed by atoms with E-state index in [2.05, 4.69) is 10.2 Å². The predicted molar refractivity (Wildman–Crippen MR) is 92.4 cm³/mol. The molecule has 6 nitrogen and oxygen atoms in total. The quantitative estimate of drug-likeness (QED) is 0.491. The highest BCUT2D eigenvalue weighted by Gasteiger charge is 2.24. The molecule has 4 aromatic rings. The second-order valence-corrected chi connectivity index (χ2v) is 6.47. The molecule has 0 aliphatic heterocycles. The number of fused-ring (bicyclic) bond motifs is 1. The van der Waals surface area contributed by atoms with E-state index in [0.29, 0.717) is 11.5 Å². The second-order valence-electron chi connectivity index (χ2n) is 5.52. The monoisotopic (exact) mass is 354 g/mol. The van der Waals surface area contributed by atoms with Gasteiger partial charge in [-0.25, -0.2) is 4.79 Å². The number of carbonyl (C=O) groups is 1. The predicted octanol–water partition coefficient (Wildman–Crippen LogP) is 4.77. The highest BCUT2D eigenvalue weighted by Crippen LogP contribution is 2.29. The van der Waals surface area contributed by atoms with Gasteiger partial charge in [0.2, 0.25) is 5.76 Å². The summed E-state index contributed by atoms with van der Waals surface area (Å²) in [5.74, 6) is 0.279. The summed E-state index contributed by atoms with van der Waals surface area (Å²) in [6.07, 6.45) is -0.679. The van der Waals surface area contributed by atoms with Crippen LogP contribution < -0.4 is 0 Å². The third kappa shape index (κ3) is 2.83. The molecule has 0 aliphatic carbocycles. The van der Waals surface area contributed by atoms with Crippen molar-refractivity contribution in [2.24, 2.45) is 0 Å². The van der Waals surface area contributed by atoms with Crippen LogP contribution in [0.5, 0.6) is 0 Å². The maximum atomic E-state index is 12.5. The molecule has 0 unspecified atom stereocenters. The van der Waals surface area contributed by atoms with E-state index in [-0.39, 0.29) is 11.7 Å². The Balaban J connectivity index is 1.55. The van der Waals surface area contributed by atoms with Gasteiger partial charge in [-0.15, -0.1) is 21.5 Å². The van der Waals surface area contributed by atoms with Crippen LogP contribution in [-0.2, 0) is 4.74 Å². The zero-order valence-corrected chi connectivity index (χ0v) is 14.4. The smallest absolute Gasteiger partial charge is 0.375 e. The van der Waals surface area contributed by atoms with E-state index in [1.165, 1.54) is 11.3 Å². The van der Waals surface area contributed by atoms with E-state index in [4.69, 9.17) is 13.6 Å². The number of para-hydroxylation sites is 1. The molecule has 0 fully saturated rings. The summed E-state index contributed by atoms with van der Waals surface area (Å²) in [5, 5.41) is 10.8. The number of esters is 1. The molecular formula is C18H14N2O4S. The lowest BCUT2D eigenvalue weighted by atomic mass is 10.1. The average Bonchev–Trinajstić information content (AvgIpc) is 3.34. The largest absolute Gasteiger partial charge is 0.449 e. The summed E-state index contributed by atoms with van der Waals surface area (Å²) < 4.78 is 16.7. The maximum absolute atomic E-state index is 12.5. The third-order valence-corrected chi connectivity index (χ3v) is 4.69. The molecule has 0 spiro atoms. The number of aryl methyl sites for hydroxylation is 1. The molecule has 3 heterocycles. The van der Waals surface area contributed by atoms with Crippen molar-refractivity contribution in [2.45, 2.75) is 20.0 Å². The number of carbonyl (C=O) groups excluding carboxylic acids is 1. The highest BCUT2D eigenvalue weighted by molar-refractivity contribution is 7.13. The molecule has 126 valence electrons. The fraction of sp³-hybridized carbons (Fsp3) is 0.167. The number of ether oxygens (including phenoxy) is 1. The minimum atomic E-state index is -0.679. The Labute approximate surface area is 147 Å². The molecule has 0 bridgehead atoms. The Morgan fingerprint density at radius 1 is 1.16 bits per heavy atom. The minimum Gasteiger partial charge on any atom is -0.449 e. The fourth-order valence-corrected chi connectivity index (χ4v) is 3.18. The summed E-state index contributed by atoms with van der Waals surface area (Å²) >= 11 is 1.50. The topological polar surface area (TPSA) is 78.4 Å². The molecular weight excluding hydrogens is 340 g/mol. The first-order chi connectivity index (χ1) is 12.1. The lowest BCUT2D eigenvalue weighted by Gasteiger charge is -2.08. The Hall–Kier alpha value is -2.93. The molecule has 0 amide bonds. The standard InChI is InChI=1S/C18H14N2O4S/c1-10-12-6-3-4-7-13(12)23-15(10)18(21)22-11(2)16-19-20-17(24-16)14-8-5-9-25-14/h3-9,11H,1-2H3/t11-/m1/s1. The van der Waals surface area contributed by atoms with Crippen LogP contribution in [0.1, 0.15) is 35.0 Å². The molecule has 1 atom stereocenters. The van der Waals surface area contributed by atoms with E-state index in [0.717, 1.165) is 15.8 Å². The van der Waals surface area contributed by atoms with Gasteiger partial charge in [0.1, 0.15) is 5.58 Å². The van der Waals surface area contributed by atoms with Crippen molar-refractivity contribution >= 4 is 28.3 Å². The molecule has 0 radical (unpaired) electrons. The molecule has 0 aliphatic rings. The lowest BCUT2D eigenvalue weighted by molar-refractivity contribution is 0.0245. The van der Waals surface area contributed by atoms with Crippen LogP contribution in [0.25, 0.3) is 21.7 Å². The Morgan fingerprint density at radius 2 is 2.00 bits per heavy atom. The lowest BCUT2D eigenvalue weighted by Crippen LogP contribution is -2.09. The van der Waals surface area contributed by atoms with Crippen molar-refractivity contribution in [3.63, 3.8) is 0 Å². The number of furan rings is 1. The van der Waals surface area contributed by atoms with Crippen LogP contribution >= 0.6 is 11.3 Å². The Bertz CT molecular complexity index is 1030. The van der Waals surface area contributed by atoms with Gasteiger partial charge in [-0.3, -0.25) is 0 Å². The first-order valence-electron chi connectivity index (χ1n) is 7.70. The van der Waals surface area contributed by atoms with Crippen molar-refractivity contribution < 1.29 is 18.4 Å². The van der Waals surface area contributed by atoms with Gasteiger partial charge < -0.3 is 13.6 Å². The van der Waals surface area contributed by atoms with E-state index < -0.39 is 12.1 Å². The number of hydrogen-bond acceptors (Lipinski definition) is 7.